The fourth-order valence-corrected chi connectivity index (χ4v) is 3.19. The van der Waals surface area contributed by atoms with Crippen LogP contribution in [0.2, 0.25) is 0 Å². The van der Waals surface area contributed by atoms with Crippen molar-refractivity contribution in [1.29, 1.82) is 0 Å². The molecule has 0 saturated heterocycles. The molecule has 1 fully saturated rings. The highest BCUT2D eigenvalue weighted by Gasteiger charge is 2.41. The number of carbonyl (C=O) groups excluding carboxylic acids is 2. The van der Waals surface area contributed by atoms with Gasteiger partial charge >= 0.3 is 0 Å². The molecule has 2 aliphatic rings. The topological polar surface area (TPSA) is 54.4 Å². The van der Waals surface area contributed by atoms with Crippen LogP contribution in [0.15, 0.2) is 22.8 Å². The van der Waals surface area contributed by atoms with Crippen LogP contribution >= 0.6 is 0 Å². The first kappa shape index (κ1) is 13.2. The molecular weight excluding hydrogens is 228 g/mol. The van der Waals surface area contributed by atoms with Gasteiger partial charge in [0.25, 0.3) is 0 Å². The van der Waals surface area contributed by atoms with Crippen molar-refractivity contribution in [2.24, 2.45) is 17.8 Å². The first-order valence-electron chi connectivity index (χ1n) is 6.51. The summed E-state index contributed by atoms with van der Waals surface area (Å²) in [5, 5.41) is 9.28. The predicted octanol–water partition coefficient (Wildman–Crippen LogP) is 2.06. The molecule has 0 amide bonds. The van der Waals surface area contributed by atoms with E-state index in [1.54, 1.807) is 6.92 Å². The smallest absolute Gasteiger partial charge is 0.159 e. The van der Waals surface area contributed by atoms with E-state index in [1.165, 1.54) is 0 Å². The molecule has 3 atom stereocenters. The number of hydrogen-bond donors (Lipinski definition) is 1. The lowest BCUT2D eigenvalue weighted by Gasteiger charge is -2.39. The van der Waals surface area contributed by atoms with Crippen LogP contribution in [-0.2, 0) is 9.59 Å². The number of ketones is 2. The second-order valence-corrected chi connectivity index (χ2v) is 5.62. The van der Waals surface area contributed by atoms with Gasteiger partial charge in [-0.1, -0.05) is 13.0 Å². The number of fused-ring (bicyclic) bond motifs is 1. The highest BCUT2D eigenvalue weighted by atomic mass is 16.3. The van der Waals surface area contributed by atoms with E-state index >= 15 is 0 Å². The van der Waals surface area contributed by atoms with Crippen molar-refractivity contribution < 1.29 is 14.7 Å². The minimum Gasteiger partial charge on any atom is -0.392 e. The van der Waals surface area contributed by atoms with E-state index in [1.807, 2.05) is 19.9 Å². The van der Waals surface area contributed by atoms with Crippen LogP contribution in [0.1, 0.15) is 33.6 Å². The number of aliphatic hydroxyl groups is 1. The lowest BCUT2D eigenvalue weighted by molar-refractivity contribution is -0.122. The molecule has 2 aliphatic carbocycles. The Morgan fingerprint density at radius 1 is 1.33 bits per heavy atom. The number of allylic oxidation sites excluding steroid dienone is 3. The van der Waals surface area contributed by atoms with Crippen molar-refractivity contribution >= 4 is 11.6 Å². The lowest BCUT2D eigenvalue weighted by atomic mass is 9.63. The third-order valence-corrected chi connectivity index (χ3v) is 4.32. The van der Waals surface area contributed by atoms with E-state index in [0.717, 1.165) is 16.7 Å². The molecule has 0 aliphatic heterocycles. The van der Waals surface area contributed by atoms with Crippen LogP contribution in [0.25, 0.3) is 0 Å². The summed E-state index contributed by atoms with van der Waals surface area (Å²) in [4.78, 5) is 24.0. The molecule has 0 radical (unpaired) electrons. The maximum atomic E-state index is 12.2. The van der Waals surface area contributed by atoms with Gasteiger partial charge in [0.15, 0.2) is 11.6 Å². The minimum absolute atomic E-state index is 0.0195. The highest BCUT2D eigenvalue weighted by Crippen LogP contribution is 2.43. The molecule has 0 bridgehead atoms. The van der Waals surface area contributed by atoms with E-state index in [4.69, 9.17) is 0 Å². The molecule has 98 valence electrons. The zero-order valence-electron chi connectivity index (χ0n) is 11.2. The van der Waals surface area contributed by atoms with Crippen molar-refractivity contribution in [3.8, 4) is 0 Å². The molecule has 3 heteroatoms. The third-order valence-electron chi connectivity index (χ3n) is 4.32. The lowest BCUT2D eigenvalue weighted by Crippen LogP contribution is -2.38. The number of carbonyl (C=O) groups is 2. The van der Waals surface area contributed by atoms with Crippen LogP contribution in [0, 0.1) is 17.8 Å². The molecule has 18 heavy (non-hydrogen) atoms. The fraction of sp³-hybridized carbons (Fsp3) is 0.600. The molecule has 0 aromatic heterocycles. The van der Waals surface area contributed by atoms with Crippen molar-refractivity contribution in [3.63, 3.8) is 0 Å². The Hall–Kier alpha value is -1.22. The van der Waals surface area contributed by atoms with Crippen LogP contribution in [0.4, 0.5) is 0 Å². The summed E-state index contributed by atoms with van der Waals surface area (Å²) in [6.45, 7) is 5.58. The Labute approximate surface area is 108 Å². The third kappa shape index (κ3) is 2.07. The Balaban J connectivity index is 2.49. The maximum absolute atomic E-state index is 12.2. The Morgan fingerprint density at radius 2 is 2.00 bits per heavy atom. The van der Waals surface area contributed by atoms with Crippen LogP contribution in [0.5, 0.6) is 0 Å². The Kier molecular flexibility index (Phi) is 3.53. The summed E-state index contributed by atoms with van der Waals surface area (Å²) in [5.41, 5.74) is 2.24. The van der Waals surface area contributed by atoms with Gasteiger partial charge in [-0.15, -0.1) is 0 Å². The van der Waals surface area contributed by atoms with Crippen molar-refractivity contribution in [2.45, 2.75) is 33.6 Å². The Morgan fingerprint density at radius 3 is 2.61 bits per heavy atom. The second-order valence-electron chi connectivity index (χ2n) is 5.62. The molecule has 3 nitrogen and oxygen atoms in total. The van der Waals surface area contributed by atoms with Gasteiger partial charge in [-0.3, -0.25) is 9.59 Å². The average Bonchev–Trinajstić information content (AvgIpc) is 2.31. The largest absolute Gasteiger partial charge is 0.392 e. The van der Waals surface area contributed by atoms with E-state index in [9.17, 15) is 14.7 Å². The molecule has 0 spiro atoms. The van der Waals surface area contributed by atoms with E-state index in [0.29, 0.717) is 12.8 Å². The number of hydrogen-bond acceptors (Lipinski definition) is 3. The first-order valence-corrected chi connectivity index (χ1v) is 6.51. The molecule has 1 saturated carbocycles. The molecule has 0 heterocycles. The molecule has 0 aromatic rings. The molecule has 0 aromatic carbocycles. The zero-order chi connectivity index (χ0) is 13.4. The van der Waals surface area contributed by atoms with E-state index < -0.39 is 0 Å². The van der Waals surface area contributed by atoms with Gasteiger partial charge in [-0.2, -0.15) is 0 Å². The van der Waals surface area contributed by atoms with Crippen molar-refractivity contribution in [1.82, 2.24) is 0 Å². The predicted molar refractivity (Wildman–Crippen MR) is 68.9 cm³/mol. The summed E-state index contributed by atoms with van der Waals surface area (Å²) >= 11 is 0. The van der Waals surface area contributed by atoms with E-state index in [2.05, 4.69) is 0 Å². The summed E-state index contributed by atoms with van der Waals surface area (Å²) in [6, 6.07) is 0. The average molecular weight is 248 g/mol. The molecule has 0 unspecified atom stereocenters. The molecular formula is C15H20O3. The second kappa shape index (κ2) is 4.81. The quantitative estimate of drug-likeness (QED) is 0.723. The SMILES string of the molecule is CC1=C[C@@H]2/C(=C(\C)CO)C(=O)C[C@H](C)[C@H]2CC1=O. The highest BCUT2D eigenvalue weighted by molar-refractivity contribution is 6.01. The van der Waals surface area contributed by atoms with Crippen LogP contribution < -0.4 is 0 Å². The van der Waals surface area contributed by atoms with Gasteiger partial charge < -0.3 is 5.11 Å². The number of aliphatic hydroxyl groups excluding tert-OH is 1. The summed E-state index contributed by atoms with van der Waals surface area (Å²) in [5.74, 6) is 0.805. The maximum Gasteiger partial charge on any atom is 0.159 e. The van der Waals surface area contributed by atoms with Gasteiger partial charge in [0.05, 0.1) is 6.61 Å². The Bertz CT molecular complexity index is 456. The summed E-state index contributed by atoms with van der Waals surface area (Å²) in [6.07, 6.45) is 2.95. The summed E-state index contributed by atoms with van der Waals surface area (Å²) < 4.78 is 0. The van der Waals surface area contributed by atoms with Gasteiger partial charge in [0.2, 0.25) is 0 Å². The molecule has 1 N–H and O–H groups in total. The van der Waals surface area contributed by atoms with Gasteiger partial charge in [-0.05, 0) is 36.8 Å². The van der Waals surface area contributed by atoms with Crippen LogP contribution in [0.3, 0.4) is 0 Å². The van der Waals surface area contributed by atoms with Crippen LogP contribution in [-0.4, -0.2) is 23.3 Å². The van der Waals surface area contributed by atoms with Gasteiger partial charge in [0, 0.05) is 24.3 Å². The normalized spacial score (nSPS) is 35.1. The summed E-state index contributed by atoms with van der Waals surface area (Å²) in [7, 11) is 0. The number of Topliss-reactive ketones (excluding diaryl/α,β-unsaturated/α-hetero) is 2. The number of rotatable bonds is 1. The zero-order valence-corrected chi connectivity index (χ0v) is 11.2. The first-order chi connectivity index (χ1) is 8.45. The van der Waals surface area contributed by atoms with Gasteiger partial charge in [-0.25, -0.2) is 0 Å². The van der Waals surface area contributed by atoms with E-state index in [-0.39, 0.29) is 35.9 Å². The monoisotopic (exact) mass is 248 g/mol. The molecule has 2 rings (SSSR count). The van der Waals surface area contributed by atoms with Gasteiger partial charge in [0.1, 0.15) is 0 Å². The van der Waals surface area contributed by atoms with Crippen molar-refractivity contribution in [3.05, 3.63) is 22.8 Å². The van der Waals surface area contributed by atoms with Crippen molar-refractivity contribution in [2.75, 3.05) is 6.61 Å². The minimum atomic E-state index is -0.0838. The standard InChI is InChI=1S/C15H20O3/c1-8-5-14(18)15(10(3)7-16)12-4-9(2)13(17)6-11(8)12/h4,8,11-12,16H,5-7H2,1-3H3/b15-10-/t8-,11+,12-/m0/s1. The fourth-order valence-electron chi connectivity index (χ4n) is 3.19.